The highest BCUT2D eigenvalue weighted by molar-refractivity contribution is 7.98. The van der Waals surface area contributed by atoms with Gasteiger partial charge in [-0.25, -0.2) is 9.48 Å². The summed E-state index contributed by atoms with van der Waals surface area (Å²) in [6.07, 6.45) is 5.19. The monoisotopic (exact) mass is 504 g/mol. The lowest BCUT2D eigenvalue weighted by molar-refractivity contribution is -0.146. The van der Waals surface area contributed by atoms with Crippen molar-refractivity contribution in [2.24, 2.45) is 0 Å². The molecule has 36 heavy (non-hydrogen) atoms. The number of allylic oxidation sites excluding steroid dienone is 1. The van der Waals surface area contributed by atoms with Crippen molar-refractivity contribution < 1.29 is 14.3 Å². The van der Waals surface area contributed by atoms with Crippen molar-refractivity contribution >= 4 is 23.7 Å². The third-order valence-electron chi connectivity index (χ3n) is 6.60. The number of para-hydroxylation sites is 1. The van der Waals surface area contributed by atoms with Gasteiger partial charge in [-0.1, -0.05) is 66.7 Å². The van der Waals surface area contributed by atoms with Gasteiger partial charge in [0, 0.05) is 17.0 Å². The van der Waals surface area contributed by atoms with Crippen LogP contribution in [0.3, 0.4) is 0 Å². The summed E-state index contributed by atoms with van der Waals surface area (Å²) in [6.45, 7) is 4.38. The van der Waals surface area contributed by atoms with Crippen LogP contribution in [0.25, 0.3) is 0 Å². The average molecular weight is 505 g/mol. The first-order chi connectivity index (χ1) is 17.6. The fraction of sp³-hybridized carbons (Fsp3) is 0.393. The molecule has 8 heteroatoms. The first kappa shape index (κ1) is 24.4. The molecule has 0 amide bonds. The Bertz CT molecular complexity index is 1230. The summed E-state index contributed by atoms with van der Waals surface area (Å²) in [6, 6.07) is 17.6. The van der Waals surface area contributed by atoms with Crippen LogP contribution in [0, 0.1) is 0 Å². The highest BCUT2D eigenvalue weighted by Gasteiger charge is 2.37. The van der Waals surface area contributed by atoms with Crippen molar-refractivity contribution in [2.75, 3.05) is 11.9 Å². The van der Waals surface area contributed by atoms with E-state index in [4.69, 9.17) is 19.6 Å². The molecular weight excluding hydrogens is 472 g/mol. The van der Waals surface area contributed by atoms with E-state index < -0.39 is 6.04 Å². The van der Waals surface area contributed by atoms with Gasteiger partial charge in [-0.2, -0.15) is 4.98 Å². The van der Waals surface area contributed by atoms with Crippen LogP contribution in [0.4, 0.5) is 5.95 Å². The Labute approximate surface area is 216 Å². The number of benzene rings is 2. The molecule has 0 radical (unpaired) electrons. The van der Waals surface area contributed by atoms with E-state index in [0.29, 0.717) is 23.3 Å². The maximum absolute atomic E-state index is 13.6. The summed E-state index contributed by atoms with van der Waals surface area (Å²) in [5.41, 5.74) is 3.34. The van der Waals surface area contributed by atoms with Crippen LogP contribution < -0.4 is 10.1 Å². The first-order valence-electron chi connectivity index (χ1n) is 12.7. The number of esters is 1. The van der Waals surface area contributed by atoms with E-state index in [9.17, 15) is 4.79 Å². The van der Waals surface area contributed by atoms with Gasteiger partial charge in [0.25, 0.3) is 0 Å². The summed E-state index contributed by atoms with van der Waals surface area (Å²) in [5.74, 6) is 1.78. The number of fused-ring (bicyclic) bond motifs is 1. The Morgan fingerprint density at radius 2 is 1.83 bits per heavy atom. The molecule has 2 aliphatic rings. The van der Waals surface area contributed by atoms with Gasteiger partial charge < -0.3 is 14.8 Å². The largest absolute Gasteiger partial charge is 0.494 e. The number of ether oxygens (including phenoxy) is 2. The number of carbonyl (C=O) groups is 1. The zero-order chi connectivity index (χ0) is 24.9. The molecule has 2 aromatic carbocycles. The second kappa shape index (κ2) is 11.2. The van der Waals surface area contributed by atoms with Crippen molar-refractivity contribution in [1.82, 2.24) is 14.8 Å². The second-order valence-electron chi connectivity index (χ2n) is 9.14. The topological polar surface area (TPSA) is 78.3 Å². The van der Waals surface area contributed by atoms with Gasteiger partial charge in [-0.3, -0.25) is 0 Å². The van der Waals surface area contributed by atoms with E-state index in [0.717, 1.165) is 48.4 Å². The molecule has 1 atom stereocenters. The molecule has 0 spiro atoms. The third kappa shape index (κ3) is 5.28. The summed E-state index contributed by atoms with van der Waals surface area (Å²) < 4.78 is 13.8. The molecular formula is C28H32N4O3S. The third-order valence-corrected chi connectivity index (χ3v) is 7.51. The average Bonchev–Trinajstić information content (AvgIpc) is 3.31. The number of aromatic nitrogens is 3. The van der Waals surface area contributed by atoms with Gasteiger partial charge in [0.1, 0.15) is 17.9 Å². The smallest absolute Gasteiger partial charge is 0.338 e. The van der Waals surface area contributed by atoms with Gasteiger partial charge in [-0.15, -0.1) is 5.10 Å². The number of hydrogen-bond acceptors (Lipinski definition) is 7. The van der Waals surface area contributed by atoms with E-state index in [1.165, 1.54) is 12.0 Å². The molecule has 3 aromatic rings. The van der Waals surface area contributed by atoms with E-state index in [1.807, 2.05) is 56.3 Å². The van der Waals surface area contributed by atoms with Crippen molar-refractivity contribution in [1.29, 1.82) is 0 Å². The van der Waals surface area contributed by atoms with Gasteiger partial charge >= 0.3 is 5.97 Å². The number of hydrogen-bond donors (Lipinski definition) is 1. The lowest BCUT2D eigenvalue weighted by atomic mass is 9.94. The SMILES string of the molecule is CCOc1ccccc1C1C(C(=O)OC2CCCCC2)=C(C)Nc2nc(SCc3ccccc3)nn21. The molecule has 2 heterocycles. The number of thioether (sulfide) groups is 1. The zero-order valence-corrected chi connectivity index (χ0v) is 21.6. The normalized spacial score (nSPS) is 17.9. The summed E-state index contributed by atoms with van der Waals surface area (Å²) in [5, 5.41) is 8.81. The predicted molar refractivity (Wildman–Crippen MR) is 141 cm³/mol. The van der Waals surface area contributed by atoms with Crippen LogP contribution in [0.2, 0.25) is 0 Å². The Morgan fingerprint density at radius 3 is 2.61 bits per heavy atom. The number of carbonyl (C=O) groups excluding carboxylic acids is 1. The molecule has 1 fully saturated rings. The molecule has 1 aliphatic heterocycles. The molecule has 0 bridgehead atoms. The Morgan fingerprint density at radius 1 is 1.08 bits per heavy atom. The van der Waals surface area contributed by atoms with Gasteiger partial charge in [0.05, 0.1) is 12.2 Å². The van der Waals surface area contributed by atoms with E-state index in [1.54, 1.807) is 16.4 Å². The molecule has 1 aliphatic carbocycles. The summed E-state index contributed by atoms with van der Waals surface area (Å²) >= 11 is 1.57. The molecule has 188 valence electrons. The quantitative estimate of drug-likeness (QED) is 0.292. The minimum atomic E-state index is -0.501. The van der Waals surface area contributed by atoms with Crippen LogP contribution in [0.5, 0.6) is 5.75 Å². The number of nitrogens with zero attached hydrogens (tertiary/aromatic N) is 3. The molecule has 1 N–H and O–H groups in total. The lowest BCUT2D eigenvalue weighted by Gasteiger charge is -2.30. The zero-order valence-electron chi connectivity index (χ0n) is 20.8. The van der Waals surface area contributed by atoms with Crippen molar-refractivity contribution in [3.8, 4) is 5.75 Å². The van der Waals surface area contributed by atoms with Gasteiger partial charge in [0.2, 0.25) is 11.1 Å². The van der Waals surface area contributed by atoms with E-state index >= 15 is 0 Å². The van der Waals surface area contributed by atoms with Crippen molar-refractivity contribution in [3.63, 3.8) is 0 Å². The first-order valence-corrected chi connectivity index (χ1v) is 13.7. The molecule has 1 unspecified atom stereocenters. The molecule has 1 saturated carbocycles. The standard InChI is InChI=1S/C28H32N4O3S/c1-3-34-23-17-11-10-16-22(23)25-24(26(33)35-21-14-8-5-9-15-21)19(2)29-27-30-28(31-32(25)27)36-18-20-12-6-4-7-13-20/h4,6-7,10-13,16-17,21,25H,3,5,8-9,14-15,18H2,1-2H3,(H,29,30,31). The number of anilines is 1. The predicted octanol–water partition coefficient (Wildman–Crippen LogP) is 6.13. The molecule has 1 aromatic heterocycles. The van der Waals surface area contributed by atoms with Crippen LogP contribution in [0.1, 0.15) is 63.1 Å². The minimum absolute atomic E-state index is 0.0385. The summed E-state index contributed by atoms with van der Waals surface area (Å²) in [7, 11) is 0. The van der Waals surface area contributed by atoms with Crippen LogP contribution in [-0.4, -0.2) is 33.4 Å². The van der Waals surface area contributed by atoms with Gasteiger partial charge in [0.15, 0.2) is 0 Å². The Hall–Kier alpha value is -3.26. The van der Waals surface area contributed by atoms with Gasteiger partial charge in [-0.05, 0) is 51.2 Å². The second-order valence-corrected chi connectivity index (χ2v) is 10.1. The van der Waals surface area contributed by atoms with Crippen LogP contribution in [-0.2, 0) is 15.3 Å². The molecule has 5 rings (SSSR count). The van der Waals surface area contributed by atoms with Crippen molar-refractivity contribution in [2.45, 2.75) is 69.0 Å². The Balaban J connectivity index is 1.50. The lowest BCUT2D eigenvalue weighted by Crippen LogP contribution is -2.32. The fourth-order valence-electron chi connectivity index (χ4n) is 4.86. The summed E-state index contributed by atoms with van der Waals surface area (Å²) in [4.78, 5) is 18.4. The maximum Gasteiger partial charge on any atom is 0.338 e. The molecule has 7 nitrogen and oxygen atoms in total. The highest BCUT2D eigenvalue weighted by atomic mass is 32.2. The highest BCUT2D eigenvalue weighted by Crippen LogP contribution is 2.41. The van der Waals surface area contributed by atoms with Crippen LogP contribution in [0.15, 0.2) is 71.0 Å². The van der Waals surface area contributed by atoms with E-state index in [2.05, 4.69) is 17.4 Å². The number of rotatable bonds is 8. The maximum atomic E-state index is 13.6. The Kier molecular flexibility index (Phi) is 7.60. The van der Waals surface area contributed by atoms with Crippen molar-refractivity contribution in [3.05, 3.63) is 77.0 Å². The minimum Gasteiger partial charge on any atom is -0.494 e. The fourth-order valence-corrected chi connectivity index (χ4v) is 5.64. The molecule has 0 saturated heterocycles. The van der Waals surface area contributed by atoms with E-state index in [-0.39, 0.29) is 12.1 Å². The van der Waals surface area contributed by atoms with Crippen LogP contribution >= 0.6 is 11.8 Å². The number of nitrogens with one attached hydrogen (secondary N) is 1.